The molecule has 4 aromatic rings. The molecule has 0 unspecified atom stereocenters. The lowest BCUT2D eigenvalue weighted by Gasteiger charge is -2.37. The van der Waals surface area contributed by atoms with Gasteiger partial charge in [0.25, 0.3) is 11.2 Å². The van der Waals surface area contributed by atoms with Crippen LogP contribution in [0.1, 0.15) is 17.0 Å². The van der Waals surface area contributed by atoms with Crippen molar-refractivity contribution < 1.29 is 14.4 Å². The maximum Gasteiger partial charge on any atom is 0.270 e. The van der Waals surface area contributed by atoms with E-state index in [1.54, 1.807) is 25.3 Å². The number of methoxy groups -OCH3 is 2. The number of anilines is 1. The number of benzene rings is 3. The standard InChI is InChI=1S/C29H31N5O5/c1-19-5-6-20(2)26(15-19)32-13-11-31(12-14-32)18-28-30-24-9-7-21(34(36)37)16-23(24)29(35)33(28)25-10-8-22(38-3)17-27(25)39-4/h5-10,15-17H,11-14,18H2,1-4H3. The molecule has 0 amide bonds. The lowest BCUT2D eigenvalue weighted by atomic mass is 10.1. The van der Waals surface area contributed by atoms with Crippen LogP contribution in [0.3, 0.4) is 0 Å². The predicted octanol–water partition coefficient (Wildman–Crippen LogP) is 4.25. The second-order valence-corrected chi connectivity index (χ2v) is 9.72. The van der Waals surface area contributed by atoms with Crippen molar-refractivity contribution in [2.75, 3.05) is 45.3 Å². The molecule has 0 aliphatic carbocycles. The van der Waals surface area contributed by atoms with E-state index in [-0.39, 0.29) is 11.1 Å². The lowest BCUT2D eigenvalue weighted by molar-refractivity contribution is -0.384. The molecule has 2 heterocycles. The van der Waals surface area contributed by atoms with Gasteiger partial charge in [0.1, 0.15) is 17.3 Å². The summed E-state index contributed by atoms with van der Waals surface area (Å²) in [5.41, 5.74) is 4.09. The monoisotopic (exact) mass is 529 g/mol. The van der Waals surface area contributed by atoms with Gasteiger partial charge in [-0.3, -0.25) is 24.4 Å². The van der Waals surface area contributed by atoms with Gasteiger partial charge < -0.3 is 14.4 Å². The van der Waals surface area contributed by atoms with Gasteiger partial charge in [0.05, 0.1) is 42.3 Å². The minimum Gasteiger partial charge on any atom is -0.497 e. The average Bonchev–Trinajstić information content (AvgIpc) is 2.94. The number of aryl methyl sites for hydroxylation is 2. The quantitative estimate of drug-likeness (QED) is 0.259. The molecule has 1 fully saturated rings. The van der Waals surface area contributed by atoms with Crippen LogP contribution < -0.4 is 19.9 Å². The molecular formula is C29H31N5O5. The molecule has 5 rings (SSSR count). The minimum atomic E-state index is -0.513. The number of rotatable bonds is 7. The summed E-state index contributed by atoms with van der Waals surface area (Å²) in [7, 11) is 3.08. The van der Waals surface area contributed by atoms with Gasteiger partial charge in [-0.2, -0.15) is 0 Å². The van der Waals surface area contributed by atoms with Gasteiger partial charge in [-0.1, -0.05) is 12.1 Å². The van der Waals surface area contributed by atoms with Gasteiger partial charge in [0.2, 0.25) is 0 Å². The van der Waals surface area contributed by atoms with Crippen molar-refractivity contribution in [1.29, 1.82) is 0 Å². The molecule has 0 saturated carbocycles. The molecule has 0 spiro atoms. The Hall–Kier alpha value is -4.44. The number of hydrogen-bond acceptors (Lipinski definition) is 8. The van der Waals surface area contributed by atoms with Crippen LogP contribution >= 0.6 is 0 Å². The molecule has 3 aromatic carbocycles. The van der Waals surface area contributed by atoms with Crippen LogP contribution in [0.2, 0.25) is 0 Å². The number of nitro groups is 1. The molecule has 0 radical (unpaired) electrons. The Balaban J connectivity index is 1.54. The Bertz CT molecular complexity index is 1610. The molecule has 0 bridgehead atoms. The first-order valence-corrected chi connectivity index (χ1v) is 12.8. The van der Waals surface area contributed by atoms with E-state index in [1.807, 2.05) is 0 Å². The van der Waals surface area contributed by atoms with Crippen molar-refractivity contribution in [2.45, 2.75) is 20.4 Å². The lowest BCUT2D eigenvalue weighted by Crippen LogP contribution is -2.47. The fraction of sp³-hybridized carbons (Fsp3) is 0.310. The van der Waals surface area contributed by atoms with E-state index >= 15 is 0 Å². The van der Waals surface area contributed by atoms with E-state index in [9.17, 15) is 14.9 Å². The minimum absolute atomic E-state index is 0.162. The number of nitrogens with zero attached hydrogens (tertiary/aromatic N) is 5. The molecule has 39 heavy (non-hydrogen) atoms. The number of piperazine rings is 1. The number of hydrogen-bond donors (Lipinski definition) is 0. The van der Waals surface area contributed by atoms with Crippen LogP contribution in [0.25, 0.3) is 16.6 Å². The van der Waals surface area contributed by atoms with Crippen molar-refractivity contribution >= 4 is 22.3 Å². The van der Waals surface area contributed by atoms with Gasteiger partial charge >= 0.3 is 0 Å². The zero-order valence-electron chi connectivity index (χ0n) is 22.5. The van der Waals surface area contributed by atoms with Crippen molar-refractivity contribution in [3.05, 3.63) is 92.0 Å². The fourth-order valence-corrected chi connectivity index (χ4v) is 5.06. The highest BCUT2D eigenvalue weighted by Crippen LogP contribution is 2.29. The molecule has 1 saturated heterocycles. The molecule has 1 aliphatic rings. The predicted molar refractivity (Wildman–Crippen MR) is 151 cm³/mol. The van der Waals surface area contributed by atoms with E-state index < -0.39 is 10.5 Å². The van der Waals surface area contributed by atoms with Crippen molar-refractivity contribution in [3.63, 3.8) is 0 Å². The highest BCUT2D eigenvalue weighted by Gasteiger charge is 2.23. The Labute approximate surface area is 226 Å². The number of ether oxygens (including phenoxy) is 2. The van der Waals surface area contributed by atoms with Crippen LogP contribution in [-0.4, -0.2) is 59.8 Å². The topological polar surface area (TPSA) is 103 Å². The maximum atomic E-state index is 13.9. The zero-order chi connectivity index (χ0) is 27.7. The molecule has 202 valence electrons. The smallest absolute Gasteiger partial charge is 0.270 e. The van der Waals surface area contributed by atoms with Gasteiger partial charge in [-0.05, 0) is 49.2 Å². The largest absolute Gasteiger partial charge is 0.497 e. The number of aromatic nitrogens is 2. The van der Waals surface area contributed by atoms with E-state index in [0.717, 1.165) is 26.2 Å². The summed E-state index contributed by atoms with van der Waals surface area (Å²) in [5, 5.41) is 11.6. The first-order chi connectivity index (χ1) is 18.8. The van der Waals surface area contributed by atoms with E-state index in [4.69, 9.17) is 14.5 Å². The molecule has 0 N–H and O–H groups in total. The highest BCUT2D eigenvalue weighted by atomic mass is 16.6. The molecule has 10 nitrogen and oxygen atoms in total. The van der Waals surface area contributed by atoms with E-state index in [2.05, 4.69) is 41.8 Å². The summed E-state index contributed by atoms with van der Waals surface area (Å²) in [6.45, 7) is 7.94. The third-order valence-electron chi connectivity index (χ3n) is 7.20. The van der Waals surface area contributed by atoms with Gasteiger partial charge in [0.15, 0.2) is 0 Å². The van der Waals surface area contributed by atoms with Crippen molar-refractivity contribution in [1.82, 2.24) is 14.5 Å². The number of non-ortho nitro benzene ring substituents is 1. The summed E-state index contributed by atoms with van der Waals surface area (Å²) in [6.07, 6.45) is 0. The Morgan fingerprint density at radius 3 is 2.38 bits per heavy atom. The Morgan fingerprint density at radius 2 is 1.69 bits per heavy atom. The summed E-state index contributed by atoms with van der Waals surface area (Å²) >= 11 is 0. The third kappa shape index (κ3) is 5.15. The summed E-state index contributed by atoms with van der Waals surface area (Å²) in [6, 6.07) is 15.9. The van der Waals surface area contributed by atoms with Crippen LogP contribution in [-0.2, 0) is 6.54 Å². The highest BCUT2D eigenvalue weighted by molar-refractivity contribution is 5.80. The molecular weight excluding hydrogens is 498 g/mol. The fourth-order valence-electron chi connectivity index (χ4n) is 5.06. The van der Waals surface area contributed by atoms with Crippen LogP contribution in [0.4, 0.5) is 11.4 Å². The first kappa shape index (κ1) is 26.2. The van der Waals surface area contributed by atoms with E-state index in [0.29, 0.717) is 35.1 Å². The Morgan fingerprint density at radius 1 is 0.923 bits per heavy atom. The van der Waals surface area contributed by atoms with Crippen LogP contribution in [0.5, 0.6) is 11.5 Å². The number of nitro benzene ring substituents is 1. The van der Waals surface area contributed by atoms with Crippen molar-refractivity contribution in [2.24, 2.45) is 0 Å². The van der Waals surface area contributed by atoms with Crippen LogP contribution in [0, 0.1) is 24.0 Å². The van der Waals surface area contributed by atoms with Gasteiger partial charge in [-0.15, -0.1) is 0 Å². The van der Waals surface area contributed by atoms with Gasteiger partial charge in [-0.25, -0.2) is 4.98 Å². The van der Waals surface area contributed by atoms with E-state index in [1.165, 1.54) is 46.7 Å². The van der Waals surface area contributed by atoms with Crippen molar-refractivity contribution in [3.8, 4) is 17.2 Å². The number of fused-ring (bicyclic) bond motifs is 1. The summed E-state index contributed by atoms with van der Waals surface area (Å²) < 4.78 is 12.4. The average molecular weight is 530 g/mol. The third-order valence-corrected chi connectivity index (χ3v) is 7.20. The second kappa shape index (κ2) is 10.7. The summed E-state index contributed by atoms with van der Waals surface area (Å²) in [5.74, 6) is 1.55. The van der Waals surface area contributed by atoms with Gasteiger partial charge in [0, 0.05) is 50.1 Å². The SMILES string of the molecule is COc1ccc(-n2c(CN3CCN(c4cc(C)ccc4C)CC3)nc3ccc([N+](=O)[O-])cc3c2=O)c(OC)c1. The first-order valence-electron chi connectivity index (χ1n) is 12.8. The second-order valence-electron chi connectivity index (χ2n) is 9.72. The molecule has 1 aromatic heterocycles. The Kier molecular flexibility index (Phi) is 7.21. The van der Waals surface area contributed by atoms with Crippen LogP contribution in [0.15, 0.2) is 59.4 Å². The maximum absolute atomic E-state index is 13.9. The molecule has 10 heteroatoms. The molecule has 0 atom stereocenters. The molecule has 1 aliphatic heterocycles. The summed E-state index contributed by atoms with van der Waals surface area (Å²) in [4.78, 5) is 34.3. The normalized spacial score (nSPS) is 14.0. The zero-order valence-corrected chi connectivity index (χ0v) is 22.5.